The lowest BCUT2D eigenvalue weighted by Gasteiger charge is -2.03. The minimum absolute atomic E-state index is 1.18. The highest BCUT2D eigenvalue weighted by Gasteiger charge is 1.95. The second kappa shape index (κ2) is 12.4. The smallest absolute Gasteiger partial charge is 0.0175 e. The fourth-order valence-electron chi connectivity index (χ4n) is 2.64. The highest BCUT2D eigenvalue weighted by molar-refractivity contribution is 9.10. The average Bonchev–Trinajstić information content (AvgIpc) is 2.47. The molecule has 0 aromatic heterocycles. The van der Waals surface area contributed by atoms with Crippen molar-refractivity contribution in [2.75, 3.05) is 0 Å². The van der Waals surface area contributed by atoms with E-state index < -0.39 is 0 Å². The van der Waals surface area contributed by atoms with E-state index in [1.165, 1.54) is 87.1 Å². The maximum atomic E-state index is 3.48. The molecule has 0 bridgehead atoms. The Hall–Kier alpha value is -0.300. The molecular weight excluding hydrogens is 308 g/mol. The number of rotatable bonds is 12. The zero-order valence-corrected chi connectivity index (χ0v) is 14.8. The number of aryl methyl sites for hydroxylation is 1. The first-order valence-electron chi connectivity index (χ1n) is 8.57. The van der Waals surface area contributed by atoms with Crippen LogP contribution in [0, 0.1) is 0 Å². The van der Waals surface area contributed by atoms with Crippen molar-refractivity contribution in [2.24, 2.45) is 0 Å². The maximum Gasteiger partial charge on any atom is 0.0175 e. The Morgan fingerprint density at radius 2 is 1.10 bits per heavy atom. The quantitative estimate of drug-likeness (QED) is 0.350. The van der Waals surface area contributed by atoms with Crippen LogP contribution in [0.15, 0.2) is 28.7 Å². The molecule has 0 aliphatic rings. The van der Waals surface area contributed by atoms with Crippen molar-refractivity contribution in [1.29, 1.82) is 0 Å². The van der Waals surface area contributed by atoms with Crippen LogP contribution in [0.2, 0.25) is 0 Å². The van der Waals surface area contributed by atoms with Crippen LogP contribution in [0.3, 0.4) is 0 Å². The number of hydrogen-bond acceptors (Lipinski definition) is 0. The van der Waals surface area contributed by atoms with Gasteiger partial charge in [0, 0.05) is 4.47 Å². The minimum atomic E-state index is 1.18. The van der Waals surface area contributed by atoms with Gasteiger partial charge in [-0.2, -0.15) is 0 Å². The summed E-state index contributed by atoms with van der Waals surface area (Å²) in [4.78, 5) is 0. The molecule has 1 heteroatoms. The van der Waals surface area contributed by atoms with Gasteiger partial charge in [0.1, 0.15) is 0 Å². The Morgan fingerprint density at radius 1 is 0.650 bits per heavy atom. The zero-order valence-electron chi connectivity index (χ0n) is 13.2. The van der Waals surface area contributed by atoms with E-state index >= 15 is 0 Å². The third-order valence-corrected chi connectivity index (χ3v) is 4.51. The van der Waals surface area contributed by atoms with Gasteiger partial charge in [0.05, 0.1) is 0 Å². The molecule has 114 valence electrons. The average molecular weight is 339 g/mol. The highest BCUT2D eigenvalue weighted by atomic mass is 79.9. The van der Waals surface area contributed by atoms with Gasteiger partial charge in [-0.15, -0.1) is 0 Å². The van der Waals surface area contributed by atoms with Gasteiger partial charge >= 0.3 is 0 Å². The molecule has 0 aliphatic heterocycles. The van der Waals surface area contributed by atoms with Crippen LogP contribution < -0.4 is 0 Å². The Kier molecular flexibility index (Phi) is 11.0. The molecule has 1 rings (SSSR count). The van der Waals surface area contributed by atoms with E-state index in [0.29, 0.717) is 0 Å². The van der Waals surface area contributed by atoms with E-state index in [9.17, 15) is 0 Å². The number of halogens is 1. The predicted octanol–water partition coefficient (Wildman–Crippen LogP) is 7.30. The van der Waals surface area contributed by atoms with Crippen molar-refractivity contribution in [3.63, 3.8) is 0 Å². The fourth-order valence-corrected chi connectivity index (χ4v) is 2.91. The molecule has 0 saturated heterocycles. The van der Waals surface area contributed by atoms with Gasteiger partial charge in [0.2, 0.25) is 0 Å². The second-order valence-corrected chi connectivity index (χ2v) is 6.83. The third-order valence-electron chi connectivity index (χ3n) is 3.98. The number of unbranched alkanes of at least 4 members (excludes halogenated alkanes) is 10. The Labute approximate surface area is 134 Å². The molecule has 0 spiro atoms. The minimum Gasteiger partial charge on any atom is -0.0654 e. The second-order valence-electron chi connectivity index (χ2n) is 5.91. The lowest BCUT2D eigenvalue weighted by Crippen LogP contribution is -1.86. The monoisotopic (exact) mass is 338 g/mol. The van der Waals surface area contributed by atoms with E-state index in [-0.39, 0.29) is 0 Å². The topological polar surface area (TPSA) is 0 Å². The summed E-state index contributed by atoms with van der Waals surface area (Å²) in [5.74, 6) is 0. The van der Waals surface area contributed by atoms with E-state index in [4.69, 9.17) is 0 Å². The van der Waals surface area contributed by atoms with Crippen LogP contribution in [-0.2, 0) is 6.42 Å². The first kappa shape index (κ1) is 17.8. The van der Waals surface area contributed by atoms with Crippen molar-refractivity contribution in [2.45, 2.75) is 84.0 Å². The van der Waals surface area contributed by atoms with Gasteiger partial charge in [-0.1, -0.05) is 99.2 Å². The molecule has 0 amide bonds. The lowest BCUT2D eigenvalue weighted by molar-refractivity contribution is 0.549. The Balaban J connectivity index is 1.84. The molecule has 0 N–H and O–H groups in total. The van der Waals surface area contributed by atoms with E-state index in [2.05, 4.69) is 47.1 Å². The molecule has 0 heterocycles. The maximum absolute atomic E-state index is 3.48. The first-order chi connectivity index (χ1) is 9.83. The molecule has 20 heavy (non-hydrogen) atoms. The molecule has 0 radical (unpaired) electrons. The number of hydrogen-bond donors (Lipinski definition) is 0. The Morgan fingerprint density at radius 3 is 1.60 bits per heavy atom. The summed E-state index contributed by atoms with van der Waals surface area (Å²) < 4.78 is 1.18. The fraction of sp³-hybridized carbons (Fsp3) is 0.684. The molecule has 0 unspecified atom stereocenters. The summed E-state index contributed by atoms with van der Waals surface area (Å²) in [6.07, 6.45) is 16.9. The van der Waals surface area contributed by atoms with E-state index in [0.717, 1.165) is 0 Å². The molecule has 1 aromatic carbocycles. The largest absolute Gasteiger partial charge is 0.0654 e. The standard InChI is InChI=1S/C19H31Br/c1-2-3-4-5-6-7-8-9-10-11-12-13-18-14-16-19(20)17-15-18/h14-17H,2-13H2,1H3. The summed E-state index contributed by atoms with van der Waals surface area (Å²) in [6, 6.07) is 8.77. The number of benzene rings is 1. The van der Waals surface area contributed by atoms with Crippen LogP contribution in [0.5, 0.6) is 0 Å². The highest BCUT2D eigenvalue weighted by Crippen LogP contribution is 2.14. The molecule has 0 atom stereocenters. The van der Waals surface area contributed by atoms with Gasteiger partial charge < -0.3 is 0 Å². The Bertz CT molecular complexity index is 315. The lowest BCUT2D eigenvalue weighted by atomic mass is 10.0. The normalized spacial score (nSPS) is 10.9. The SMILES string of the molecule is CCCCCCCCCCCCCc1ccc(Br)cc1. The molecule has 0 aliphatic carbocycles. The summed E-state index contributed by atoms with van der Waals surface area (Å²) in [5, 5.41) is 0. The molecule has 0 saturated carbocycles. The van der Waals surface area contributed by atoms with Crippen LogP contribution in [0.4, 0.5) is 0 Å². The van der Waals surface area contributed by atoms with Gasteiger partial charge in [-0.3, -0.25) is 0 Å². The van der Waals surface area contributed by atoms with Crippen LogP contribution in [0.25, 0.3) is 0 Å². The van der Waals surface area contributed by atoms with Gasteiger partial charge in [-0.05, 0) is 30.5 Å². The van der Waals surface area contributed by atoms with Crippen LogP contribution >= 0.6 is 15.9 Å². The molecule has 1 aromatic rings. The summed E-state index contributed by atoms with van der Waals surface area (Å²) in [7, 11) is 0. The van der Waals surface area contributed by atoms with Crippen molar-refractivity contribution in [1.82, 2.24) is 0 Å². The molecule has 0 nitrogen and oxygen atoms in total. The van der Waals surface area contributed by atoms with Crippen molar-refractivity contribution >= 4 is 15.9 Å². The first-order valence-corrected chi connectivity index (χ1v) is 9.36. The molecule has 0 fully saturated rings. The van der Waals surface area contributed by atoms with Crippen LogP contribution in [0.1, 0.15) is 83.1 Å². The van der Waals surface area contributed by atoms with Crippen molar-refractivity contribution in [3.05, 3.63) is 34.3 Å². The van der Waals surface area contributed by atoms with Gasteiger partial charge in [-0.25, -0.2) is 0 Å². The van der Waals surface area contributed by atoms with E-state index in [1.54, 1.807) is 0 Å². The van der Waals surface area contributed by atoms with E-state index in [1.807, 2.05) is 0 Å². The predicted molar refractivity (Wildman–Crippen MR) is 94.3 cm³/mol. The van der Waals surface area contributed by atoms with Crippen molar-refractivity contribution in [3.8, 4) is 0 Å². The summed E-state index contributed by atoms with van der Waals surface area (Å²) in [6.45, 7) is 2.29. The molecular formula is C19H31Br. The van der Waals surface area contributed by atoms with Gasteiger partial charge in [0.15, 0.2) is 0 Å². The van der Waals surface area contributed by atoms with Crippen molar-refractivity contribution < 1.29 is 0 Å². The van der Waals surface area contributed by atoms with Gasteiger partial charge in [0.25, 0.3) is 0 Å². The van der Waals surface area contributed by atoms with Crippen LogP contribution in [-0.4, -0.2) is 0 Å². The zero-order chi connectivity index (χ0) is 14.5. The summed E-state index contributed by atoms with van der Waals surface area (Å²) in [5.41, 5.74) is 1.48. The summed E-state index contributed by atoms with van der Waals surface area (Å²) >= 11 is 3.48. The third kappa shape index (κ3) is 9.58.